The predicted molar refractivity (Wildman–Crippen MR) is 135 cm³/mol. The van der Waals surface area contributed by atoms with Crippen LogP contribution in [-0.2, 0) is 14.3 Å². The van der Waals surface area contributed by atoms with Crippen molar-refractivity contribution >= 4 is 29.8 Å². The van der Waals surface area contributed by atoms with E-state index in [1.807, 2.05) is 0 Å². The molecule has 2 aromatic rings. The summed E-state index contributed by atoms with van der Waals surface area (Å²) in [5.41, 5.74) is 1.25. The number of hydrogen-bond donors (Lipinski definition) is 2. The molecule has 1 heterocycles. The van der Waals surface area contributed by atoms with Crippen molar-refractivity contribution in [3.05, 3.63) is 59.7 Å². The number of rotatable bonds is 10. The Labute approximate surface area is 214 Å². The monoisotopic (exact) mass is 511 g/mol. The van der Waals surface area contributed by atoms with Crippen molar-refractivity contribution in [2.24, 2.45) is 0 Å². The van der Waals surface area contributed by atoms with Crippen LogP contribution in [0.1, 0.15) is 17.5 Å². The molecule has 0 saturated carbocycles. The number of aliphatic hydroxyl groups is 1. The van der Waals surface area contributed by atoms with Gasteiger partial charge in [0.15, 0.2) is 34.6 Å². The molecular formula is C27H29NO9. The van der Waals surface area contributed by atoms with Crippen molar-refractivity contribution < 1.29 is 43.5 Å². The van der Waals surface area contributed by atoms with Crippen LogP contribution in [0.4, 0.5) is 4.79 Å². The van der Waals surface area contributed by atoms with Crippen LogP contribution in [0, 0.1) is 0 Å². The molecule has 1 atom stereocenters. The van der Waals surface area contributed by atoms with Crippen molar-refractivity contribution in [3.8, 4) is 23.0 Å². The van der Waals surface area contributed by atoms with Crippen molar-refractivity contribution in [2.45, 2.75) is 12.5 Å². The molecule has 10 nitrogen and oxygen atoms in total. The third kappa shape index (κ3) is 7.92. The Kier molecular flexibility index (Phi) is 9.82. The lowest BCUT2D eigenvalue weighted by Crippen LogP contribution is -2.47. The minimum atomic E-state index is -0.587. The van der Waals surface area contributed by atoms with E-state index in [1.165, 1.54) is 49.5 Å². The van der Waals surface area contributed by atoms with Crippen LogP contribution in [0.25, 0.3) is 12.2 Å². The molecule has 10 heteroatoms. The summed E-state index contributed by atoms with van der Waals surface area (Å²) in [6, 6.07) is 9.43. The zero-order valence-corrected chi connectivity index (χ0v) is 20.6. The molecule has 1 saturated heterocycles. The van der Waals surface area contributed by atoms with Gasteiger partial charge in [-0.15, -0.1) is 0 Å². The summed E-state index contributed by atoms with van der Waals surface area (Å²) in [4.78, 5) is 38.3. The molecule has 0 aliphatic carbocycles. The molecule has 3 rings (SSSR count). The highest BCUT2D eigenvalue weighted by molar-refractivity contribution is 6.10. The van der Waals surface area contributed by atoms with E-state index in [4.69, 9.17) is 18.9 Å². The number of morpholine rings is 1. The van der Waals surface area contributed by atoms with E-state index in [-0.39, 0.29) is 42.6 Å². The Hall–Kier alpha value is -4.15. The summed E-state index contributed by atoms with van der Waals surface area (Å²) >= 11 is 0. The number of nitrogens with zero attached hydrogens (tertiary/aromatic N) is 1. The number of hydrogen-bond acceptors (Lipinski definition) is 9. The molecule has 0 radical (unpaired) electrons. The van der Waals surface area contributed by atoms with E-state index in [1.54, 1.807) is 30.3 Å². The minimum Gasteiger partial charge on any atom is -0.504 e. The number of amides is 1. The van der Waals surface area contributed by atoms with Crippen molar-refractivity contribution in [1.82, 2.24) is 4.90 Å². The van der Waals surface area contributed by atoms with Crippen LogP contribution >= 0.6 is 0 Å². The number of benzene rings is 2. The Morgan fingerprint density at radius 3 is 2.22 bits per heavy atom. The van der Waals surface area contributed by atoms with Gasteiger partial charge < -0.3 is 34.1 Å². The lowest BCUT2D eigenvalue weighted by molar-refractivity contribution is -0.121. The quantitative estimate of drug-likeness (QED) is 0.365. The van der Waals surface area contributed by atoms with Gasteiger partial charge in [0.05, 0.1) is 46.5 Å². The van der Waals surface area contributed by atoms with Gasteiger partial charge in [0.2, 0.25) is 0 Å². The standard InChI is InChI=1S/C27H29NO9/c1-34-25-13-18(5-9-23(25)32)3-7-20(30)15-21(31)8-4-19-6-10-24(26(14-19)35-2)37-27(33)28-11-12-36-22(16-28)17-29/h3-10,13-14,22,29,32H,11-12,15-17H2,1-2H3. The highest BCUT2D eigenvalue weighted by atomic mass is 16.6. The molecular weight excluding hydrogens is 482 g/mol. The number of aromatic hydroxyl groups is 1. The summed E-state index contributed by atoms with van der Waals surface area (Å²) in [5.74, 6) is -0.0117. The van der Waals surface area contributed by atoms with Crippen LogP contribution in [0.15, 0.2) is 48.6 Å². The summed E-state index contributed by atoms with van der Waals surface area (Å²) in [5, 5.41) is 18.9. The molecule has 1 aliphatic rings. The van der Waals surface area contributed by atoms with Gasteiger partial charge in [-0.05, 0) is 47.5 Å². The number of phenolic OH excluding ortho intramolecular Hbond substituents is 1. The van der Waals surface area contributed by atoms with Gasteiger partial charge in [-0.1, -0.05) is 24.3 Å². The molecule has 1 amide bonds. The lowest BCUT2D eigenvalue weighted by atomic mass is 10.1. The van der Waals surface area contributed by atoms with E-state index >= 15 is 0 Å². The Morgan fingerprint density at radius 1 is 0.973 bits per heavy atom. The largest absolute Gasteiger partial charge is 0.504 e. The number of methoxy groups -OCH3 is 2. The Bertz CT molecular complexity index is 1190. The third-order valence-electron chi connectivity index (χ3n) is 5.46. The molecule has 196 valence electrons. The predicted octanol–water partition coefficient (Wildman–Crippen LogP) is 2.86. The molecule has 2 N–H and O–H groups in total. The number of phenols is 1. The zero-order chi connectivity index (χ0) is 26.8. The van der Waals surface area contributed by atoms with Gasteiger partial charge in [-0.2, -0.15) is 0 Å². The second-order valence-electron chi connectivity index (χ2n) is 8.11. The van der Waals surface area contributed by atoms with Crippen molar-refractivity contribution in [3.63, 3.8) is 0 Å². The second-order valence-corrected chi connectivity index (χ2v) is 8.11. The van der Waals surface area contributed by atoms with Crippen LogP contribution in [0.3, 0.4) is 0 Å². The Balaban J connectivity index is 1.57. The number of carbonyl (C=O) groups excluding carboxylic acids is 3. The normalized spacial score (nSPS) is 15.6. The maximum atomic E-state index is 12.5. The zero-order valence-electron chi connectivity index (χ0n) is 20.6. The van der Waals surface area contributed by atoms with Gasteiger partial charge in [0.1, 0.15) is 0 Å². The number of ketones is 2. The average Bonchev–Trinajstić information content (AvgIpc) is 2.91. The molecule has 1 unspecified atom stereocenters. The molecule has 2 aromatic carbocycles. The molecule has 0 spiro atoms. The number of allylic oxidation sites excluding steroid dienone is 2. The van der Waals surface area contributed by atoms with E-state index in [0.29, 0.717) is 30.0 Å². The first kappa shape index (κ1) is 27.4. The molecule has 0 aromatic heterocycles. The minimum absolute atomic E-state index is 0.0117. The molecule has 1 aliphatic heterocycles. The van der Waals surface area contributed by atoms with Crippen molar-refractivity contribution in [1.29, 1.82) is 0 Å². The molecule has 37 heavy (non-hydrogen) atoms. The van der Waals surface area contributed by atoms with Gasteiger partial charge in [0.25, 0.3) is 0 Å². The van der Waals surface area contributed by atoms with Crippen LogP contribution < -0.4 is 14.2 Å². The van der Waals surface area contributed by atoms with Gasteiger partial charge in [0, 0.05) is 6.54 Å². The number of ether oxygens (including phenoxy) is 4. The lowest BCUT2D eigenvalue weighted by Gasteiger charge is -2.31. The van der Waals surface area contributed by atoms with E-state index < -0.39 is 18.0 Å². The summed E-state index contributed by atoms with van der Waals surface area (Å²) < 4.78 is 21.1. The fraction of sp³-hybridized carbons (Fsp3) is 0.296. The first-order chi connectivity index (χ1) is 17.8. The van der Waals surface area contributed by atoms with Gasteiger partial charge >= 0.3 is 6.09 Å². The average molecular weight is 512 g/mol. The van der Waals surface area contributed by atoms with E-state index in [9.17, 15) is 24.6 Å². The summed E-state index contributed by atoms with van der Waals surface area (Å²) in [6.45, 7) is 0.677. The van der Waals surface area contributed by atoms with Gasteiger partial charge in [-0.3, -0.25) is 9.59 Å². The first-order valence-corrected chi connectivity index (χ1v) is 11.5. The molecule has 1 fully saturated rings. The molecule has 0 bridgehead atoms. The van der Waals surface area contributed by atoms with Crippen LogP contribution in [-0.4, -0.2) is 79.4 Å². The van der Waals surface area contributed by atoms with Crippen LogP contribution in [0.2, 0.25) is 0 Å². The highest BCUT2D eigenvalue weighted by Crippen LogP contribution is 2.29. The topological polar surface area (TPSA) is 132 Å². The highest BCUT2D eigenvalue weighted by Gasteiger charge is 2.25. The number of carbonyl (C=O) groups is 3. The second kappa shape index (κ2) is 13.2. The summed E-state index contributed by atoms with van der Waals surface area (Å²) in [7, 11) is 2.85. The Morgan fingerprint density at radius 2 is 1.59 bits per heavy atom. The maximum absolute atomic E-state index is 12.5. The van der Waals surface area contributed by atoms with E-state index in [0.717, 1.165) is 0 Å². The van der Waals surface area contributed by atoms with Crippen LogP contribution in [0.5, 0.6) is 23.0 Å². The summed E-state index contributed by atoms with van der Waals surface area (Å²) in [6.07, 6.45) is 4.30. The fourth-order valence-electron chi connectivity index (χ4n) is 3.49. The SMILES string of the molecule is COc1cc(C=CC(=O)CC(=O)C=Cc2ccc(OC(=O)N3CCOC(CO)C3)c(OC)c2)ccc1O. The van der Waals surface area contributed by atoms with E-state index in [2.05, 4.69) is 0 Å². The maximum Gasteiger partial charge on any atom is 0.415 e. The first-order valence-electron chi connectivity index (χ1n) is 11.5. The smallest absolute Gasteiger partial charge is 0.415 e. The van der Waals surface area contributed by atoms with Crippen molar-refractivity contribution in [2.75, 3.05) is 40.5 Å². The third-order valence-corrected chi connectivity index (χ3v) is 5.46. The fourth-order valence-corrected chi connectivity index (χ4v) is 3.49. The number of aliphatic hydroxyl groups excluding tert-OH is 1. The van der Waals surface area contributed by atoms with Gasteiger partial charge in [-0.25, -0.2) is 4.79 Å².